The summed E-state index contributed by atoms with van der Waals surface area (Å²) in [6.07, 6.45) is 0. The molecule has 8 heavy (non-hydrogen) atoms. The monoisotopic (exact) mass is 196 g/mol. The zero-order valence-corrected chi connectivity index (χ0v) is 6.08. The fourth-order valence-corrected chi connectivity index (χ4v) is 0. The Balaban J connectivity index is -0.000000125. The predicted molar refractivity (Wildman–Crippen MR) is 15.3 cm³/mol. The fourth-order valence-electron chi connectivity index (χ4n) is 0. The molecule has 0 bridgehead atoms. The van der Waals surface area contributed by atoms with Crippen molar-refractivity contribution in [2.75, 3.05) is 0 Å². The quantitative estimate of drug-likeness (QED) is 0.391. The minimum absolute atomic E-state index is 0. The Hall–Kier alpha value is 0.148. The SMILES string of the molecule is O=C(O)C(=O)O.[Ni].[Ti]. The Morgan fingerprint density at radius 2 is 1.12 bits per heavy atom. The van der Waals surface area contributed by atoms with Crippen molar-refractivity contribution < 1.29 is 58.0 Å². The summed E-state index contributed by atoms with van der Waals surface area (Å²) < 4.78 is 0. The average molecular weight is 197 g/mol. The van der Waals surface area contributed by atoms with Gasteiger partial charge in [0, 0.05) is 38.2 Å². The molecule has 0 rings (SSSR count). The summed E-state index contributed by atoms with van der Waals surface area (Å²) in [5, 5.41) is 14.8. The minimum atomic E-state index is -1.82. The molecule has 0 aliphatic rings. The van der Waals surface area contributed by atoms with Crippen LogP contribution in [-0.4, -0.2) is 22.2 Å². The van der Waals surface area contributed by atoms with Crippen molar-refractivity contribution in [1.29, 1.82) is 0 Å². The molecule has 0 aliphatic carbocycles. The second-order valence-corrected chi connectivity index (χ2v) is 0.610. The molecule has 0 unspecified atom stereocenters. The van der Waals surface area contributed by atoms with Crippen molar-refractivity contribution in [1.82, 2.24) is 0 Å². The van der Waals surface area contributed by atoms with E-state index in [4.69, 9.17) is 19.8 Å². The van der Waals surface area contributed by atoms with Crippen LogP contribution in [0.4, 0.5) is 0 Å². The molecule has 0 radical (unpaired) electrons. The smallest absolute Gasteiger partial charge is 0.414 e. The van der Waals surface area contributed by atoms with E-state index in [0.717, 1.165) is 0 Å². The Morgan fingerprint density at radius 3 is 1.12 bits per heavy atom. The molecule has 0 aromatic rings. The predicted octanol–water partition coefficient (Wildman–Crippen LogP) is -0.849. The molecular weight excluding hydrogens is 195 g/mol. The Morgan fingerprint density at radius 1 is 1.00 bits per heavy atom. The van der Waals surface area contributed by atoms with Crippen molar-refractivity contribution in [2.24, 2.45) is 0 Å². The van der Waals surface area contributed by atoms with E-state index in [2.05, 4.69) is 0 Å². The van der Waals surface area contributed by atoms with Crippen molar-refractivity contribution in [2.45, 2.75) is 0 Å². The van der Waals surface area contributed by atoms with Gasteiger partial charge in [-0.25, -0.2) is 9.59 Å². The summed E-state index contributed by atoms with van der Waals surface area (Å²) in [7, 11) is 0. The van der Waals surface area contributed by atoms with Gasteiger partial charge in [-0.2, -0.15) is 0 Å². The van der Waals surface area contributed by atoms with Crippen molar-refractivity contribution >= 4 is 11.9 Å². The molecular formula is C2H2NiO4Ti. The van der Waals surface area contributed by atoms with E-state index in [0.29, 0.717) is 0 Å². The first-order chi connectivity index (χ1) is 2.64. The largest absolute Gasteiger partial charge is 0.473 e. The van der Waals surface area contributed by atoms with Gasteiger partial charge in [0.1, 0.15) is 0 Å². The van der Waals surface area contributed by atoms with Gasteiger partial charge in [0.15, 0.2) is 0 Å². The number of hydrogen-bond acceptors (Lipinski definition) is 2. The summed E-state index contributed by atoms with van der Waals surface area (Å²) >= 11 is 0. The number of carboxylic acids is 2. The van der Waals surface area contributed by atoms with Crippen LogP contribution in [0.5, 0.6) is 0 Å². The maximum Gasteiger partial charge on any atom is 0.414 e. The first-order valence-electron chi connectivity index (χ1n) is 1.11. The van der Waals surface area contributed by atoms with Crippen LogP contribution in [0.25, 0.3) is 0 Å². The van der Waals surface area contributed by atoms with Gasteiger partial charge in [0.2, 0.25) is 0 Å². The van der Waals surface area contributed by atoms with Crippen LogP contribution < -0.4 is 0 Å². The van der Waals surface area contributed by atoms with Gasteiger partial charge in [-0.3, -0.25) is 0 Å². The number of hydrogen-bond donors (Lipinski definition) is 2. The van der Waals surface area contributed by atoms with Crippen LogP contribution in [0, 0.1) is 0 Å². The first-order valence-corrected chi connectivity index (χ1v) is 1.11. The van der Waals surface area contributed by atoms with E-state index >= 15 is 0 Å². The van der Waals surface area contributed by atoms with E-state index in [1.54, 1.807) is 0 Å². The minimum Gasteiger partial charge on any atom is -0.473 e. The molecule has 0 saturated carbocycles. The zero-order chi connectivity index (χ0) is 5.15. The summed E-state index contributed by atoms with van der Waals surface area (Å²) in [4.78, 5) is 18.2. The molecule has 0 aliphatic heterocycles. The van der Waals surface area contributed by atoms with Gasteiger partial charge in [-0.1, -0.05) is 0 Å². The molecule has 0 spiro atoms. The molecule has 0 saturated heterocycles. The normalized spacial score (nSPS) is 5.50. The van der Waals surface area contributed by atoms with Crippen LogP contribution in [0.2, 0.25) is 0 Å². The molecule has 2 N–H and O–H groups in total. The molecule has 48 valence electrons. The van der Waals surface area contributed by atoms with E-state index in [-0.39, 0.29) is 38.2 Å². The second kappa shape index (κ2) is 7.15. The van der Waals surface area contributed by atoms with Crippen LogP contribution >= 0.6 is 0 Å². The molecule has 0 fully saturated rings. The van der Waals surface area contributed by atoms with Crippen LogP contribution in [-0.2, 0) is 47.8 Å². The molecule has 0 amide bonds. The first kappa shape index (κ1) is 15.7. The molecule has 0 aromatic carbocycles. The second-order valence-electron chi connectivity index (χ2n) is 0.610. The fraction of sp³-hybridized carbons (Fsp3) is 0. The Labute approximate surface area is 70.1 Å². The Bertz CT molecular complexity index is 80.0. The molecule has 4 nitrogen and oxygen atoms in total. The molecule has 0 heterocycles. The Kier molecular flexibility index (Phi) is 14.0. The summed E-state index contributed by atoms with van der Waals surface area (Å²) in [6.45, 7) is 0. The van der Waals surface area contributed by atoms with Crippen LogP contribution in [0.3, 0.4) is 0 Å². The third-order valence-electron chi connectivity index (χ3n) is 0.183. The maximum atomic E-state index is 9.10. The number of carboxylic acid groups (broad SMARTS) is 2. The van der Waals surface area contributed by atoms with Crippen molar-refractivity contribution in [3.63, 3.8) is 0 Å². The maximum absolute atomic E-state index is 9.10. The number of rotatable bonds is 0. The van der Waals surface area contributed by atoms with Gasteiger partial charge in [0.25, 0.3) is 0 Å². The topological polar surface area (TPSA) is 74.6 Å². The van der Waals surface area contributed by atoms with Gasteiger partial charge in [-0.05, 0) is 0 Å². The standard InChI is InChI=1S/C2H2O4.Ni.Ti/c3-1(4)2(5)6;;/h(H,3,4)(H,5,6);;. The summed E-state index contributed by atoms with van der Waals surface area (Å²) in [5.41, 5.74) is 0. The van der Waals surface area contributed by atoms with Crippen molar-refractivity contribution in [3.05, 3.63) is 0 Å². The van der Waals surface area contributed by atoms with E-state index in [1.165, 1.54) is 0 Å². The third-order valence-corrected chi connectivity index (χ3v) is 0.183. The van der Waals surface area contributed by atoms with E-state index in [1.807, 2.05) is 0 Å². The molecule has 6 heteroatoms. The zero-order valence-electron chi connectivity index (χ0n) is 3.53. The summed E-state index contributed by atoms with van der Waals surface area (Å²) in [6, 6.07) is 0. The van der Waals surface area contributed by atoms with E-state index < -0.39 is 11.9 Å². The van der Waals surface area contributed by atoms with Gasteiger partial charge < -0.3 is 10.2 Å². The average Bonchev–Trinajstić information content (AvgIpc) is 1.36. The number of carbonyl (C=O) groups is 2. The van der Waals surface area contributed by atoms with Gasteiger partial charge in [0.05, 0.1) is 0 Å². The van der Waals surface area contributed by atoms with Gasteiger partial charge in [-0.15, -0.1) is 0 Å². The third kappa shape index (κ3) is 9.47. The summed E-state index contributed by atoms with van der Waals surface area (Å²) in [5.74, 6) is -3.65. The number of aliphatic carboxylic acids is 2. The van der Waals surface area contributed by atoms with Crippen LogP contribution in [0.1, 0.15) is 0 Å². The molecule has 0 atom stereocenters. The van der Waals surface area contributed by atoms with E-state index in [9.17, 15) is 0 Å². The molecule has 0 aromatic heterocycles. The van der Waals surface area contributed by atoms with Crippen molar-refractivity contribution in [3.8, 4) is 0 Å². The van der Waals surface area contributed by atoms with Gasteiger partial charge >= 0.3 is 11.9 Å². The van der Waals surface area contributed by atoms with Crippen LogP contribution in [0.15, 0.2) is 0 Å².